The molecule has 0 bridgehead atoms. The first-order valence-corrected chi connectivity index (χ1v) is 10.8. The van der Waals surface area contributed by atoms with Crippen LogP contribution in [-0.2, 0) is 6.54 Å². The lowest BCUT2D eigenvalue weighted by atomic mass is 10.0. The van der Waals surface area contributed by atoms with E-state index in [2.05, 4.69) is 49.7 Å². The van der Waals surface area contributed by atoms with Gasteiger partial charge in [0, 0.05) is 50.5 Å². The lowest BCUT2D eigenvalue weighted by Gasteiger charge is -2.32. The molecule has 0 saturated carbocycles. The third kappa shape index (κ3) is 4.45. The van der Waals surface area contributed by atoms with Crippen LogP contribution in [0.3, 0.4) is 0 Å². The molecule has 1 amide bonds. The largest absolute Gasteiger partial charge is 0.307 e. The van der Waals surface area contributed by atoms with Gasteiger partial charge in [0.1, 0.15) is 5.82 Å². The molecule has 3 aromatic heterocycles. The van der Waals surface area contributed by atoms with E-state index in [1.807, 2.05) is 27.7 Å². The fourth-order valence-electron chi connectivity index (χ4n) is 4.19. The Balaban J connectivity index is 1.19. The first-order valence-electron chi connectivity index (χ1n) is 10.8. The molecule has 8 heteroatoms. The van der Waals surface area contributed by atoms with Gasteiger partial charge in [-0.25, -0.2) is 9.36 Å². The maximum Gasteiger partial charge on any atom is 0.258 e. The van der Waals surface area contributed by atoms with Gasteiger partial charge in [-0.1, -0.05) is 12.1 Å². The van der Waals surface area contributed by atoms with Gasteiger partial charge in [-0.15, -0.1) is 0 Å². The van der Waals surface area contributed by atoms with Crippen LogP contribution in [0.1, 0.15) is 34.8 Å². The van der Waals surface area contributed by atoms with Gasteiger partial charge >= 0.3 is 0 Å². The number of hydrogen-bond acceptors (Lipinski definition) is 5. The van der Waals surface area contributed by atoms with E-state index in [0.717, 1.165) is 44.0 Å². The third-order valence-electron chi connectivity index (χ3n) is 5.82. The van der Waals surface area contributed by atoms with Crippen LogP contribution >= 0.6 is 0 Å². The van der Waals surface area contributed by atoms with Crippen LogP contribution in [-0.4, -0.2) is 48.4 Å². The Hall–Kier alpha value is -3.78. The van der Waals surface area contributed by atoms with Gasteiger partial charge in [-0.05, 0) is 48.7 Å². The van der Waals surface area contributed by atoms with Crippen molar-refractivity contribution in [2.45, 2.75) is 25.4 Å². The highest BCUT2D eigenvalue weighted by molar-refractivity contribution is 6.03. The summed E-state index contributed by atoms with van der Waals surface area (Å²) in [4.78, 5) is 19.0. The van der Waals surface area contributed by atoms with Crippen LogP contribution in [0.15, 0.2) is 79.5 Å². The third-order valence-corrected chi connectivity index (χ3v) is 5.82. The number of piperidine rings is 1. The molecule has 5 rings (SSSR count). The van der Waals surface area contributed by atoms with Crippen molar-refractivity contribution >= 4 is 11.7 Å². The molecule has 1 aliphatic rings. The smallest absolute Gasteiger partial charge is 0.258 e. The summed E-state index contributed by atoms with van der Waals surface area (Å²) in [6.45, 7) is 2.87. The highest BCUT2D eigenvalue weighted by Crippen LogP contribution is 2.26. The minimum Gasteiger partial charge on any atom is -0.307 e. The minimum absolute atomic E-state index is 0.172. The number of nitrogens with zero attached hydrogens (tertiary/aromatic N) is 6. The Morgan fingerprint density at radius 3 is 2.69 bits per heavy atom. The Kier molecular flexibility index (Phi) is 5.76. The summed E-state index contributed by atoms with van der Waals surface area (Å²) in [5.41, 5.74) is 2.89. The molecule has 0 aliphatic carbocycles. The molecule has 32 heavy (non-hydrogen) atoms. The van der Waals surface area contributed by atoms with E-state index in [-0.39, 0.29) is 11.9 Å². The predicted octanol–water partition coefficient (Wildman–Crippen LogP) is 3.55. The van der Waals surface area contributed by atoms with Gasteiger partial charge in [0.25, 0.3) is 5.91 Å². The van der Waals surface area contributed by atoms with Crippen molar-refractivity contribution in [1.29, 1.82) is 0 Å². The first-order chi connectivity index (χ1) is 15.8. The number of hydrogen-bond donors (Lipinski definition) is 1. The Bertz CT molecular complexity index is 1160. The Morgan fingerprint density at radius 2 is 1.91 bits per heavy atom. The summed E-state index contributed by atoms with van der Waals surface area (Å²) in [5.74, 6) is 0.554. The number of likely N-dealkylation sites (tertiary alicyclic amines) is 1. The number of benzene rings is 1. The summed E-state index contributed by atoms with van der Waals surface area (Å²) < 4.78 is 3.83. The molecule has 1 aliphatic heterocycles. The number of aromatic nitrogens is 5. The molecule has 1 N–H and O–H groups in total. The molecular formula is C24H25N7O. The molecule has 4 heterocycles. The van der Waals surface area contributed by atoms with Crippen molar-refractivity contribution in [2.24, 2.45) is 0 Å². The maximum atomic E-state index is 12.5. The number of pyridine rings is 1. The average Bonchev–Trinajstić information content (AvgIpc) is 3.53. The van der Waals surface area contributed by atoms with Crippen LogP contribution in [0.25, 0.3) is 5.69 Å². The van der Waals surface area contributed by atoms with Crippen molar-refractivity contribution in [1.82, 2.24) is 29.4 Å². The molecule has 8 nitrogen and oxygen atoms in total. The van der Waals surface area contributed by atoms with Crippen LogP contribution in [0, 0.1) is 0 Å². The van der Waals surface area contributed by atoms with E-state index in [1.165, 1.54) is 5.56 Å². The van der Waals surface area contributed by atoms with Gasteiger partial charge in [-0.3, -0.25) is 14.7 Å². The highest BCUT2D eigenvalue weighted by Gasteiger charge is 2.23. The fourth-order valence-corrected chi connectivity index (χ4v) is 4.19. The highest BCUT2D eigenvalue weighted by atomic mass is 16.1. The van der Waals surface area contributed by atoms with Crippen molar-refractivity contribution in [3.8, 4) is 5.69 Å². The van der Waals surface area contributed by atoms with Gasteiger partial charge in [-0.2, -0.15) is 10.2 Å². The zero-order valence-corrected chi connectivity index (χ0v) is 17.7. The van der Waals surface area contributed by atoms with Gasteiger partial charge < -0.3 is 5.32 Å². The van der Waals surface area contributed by atoms with E-state index < -0.39 is 0 Å². The zero-order chi connectivity index (χ0) is 21.8. The molecule has 0 unspecified atom stereocenters. The van der Waals surface area contributed by atoms with Crippen LogP contribution in [0.5, 0.6) is 0 Å². The summed E-state index contributed by atoms with van der Waals surface area (Å²) in [5, 5.41) is 11.8. The predicted molar refractivity (Wildman–Crippen MR) is 122 cm³/mol. The van der Waals surface area contributed by atoms with Crippen molar-refractivity contribution < 1.29 is 4.79 Å². The summed E-state index contributed by atoms with van der Waals surface area (Å²) in [6, 6.07) is 16.1. The molecule has 162 valence electrons. The second-order valence-electron chi connectivity index (χ2n) is 7.98. The van der Waals surface area contributed by atoms with Gasteiger partial charge in [0.2, 0.25) is 0 Å². The molecule has 4 aromatic rings. The molecule has 0 atom stereocenters. The fraction of sp³-hybridized carbons (Fsp3) is 0.250. The minimum atomic E-state index is -0.172. The number of amides is 1. The molecule has 1 saturated heterocycles. The Labute approximate surface area is 186 Å². The standard InChI is InChI=1S/C24H25N7O/c32-24(20-5-2-10-25-17-20)28-23-7-12-27-31(23)21-8-14-29(15-9-21)18-19-4-1-6-22(16-19)30-13-3-11-26-30/h1-7,10-13,16-17,21H,8-9,14-15,18H2,(H,28,32). The van der Waals surface area contributed by atoms with Crippen molar-refractivity contribution in [2.75, 3.05) is 18.4 Å². The van der Waals surface area contributed by atoms with E-state index in [0.29, 0.717) is 5.56 Å². The number of rotatable bonds is 6. The lowest BCUT2D eigenvalue weighted by molar-refractivity contribution is 0.102. The second-order valence-corrected chi connectivity index (χ2v) is 7.98. The molecule has 1 fully saturated rings. The second kappa shape index (κ2) is 9.15. The Morgan fingerprint density at radius 1 is 1.00 bits per heavy atom. The van der Waals surface area contributed by atoms with Gasteiger partial charge in [0.05, 0.1) is 23.5 Å². The van der Waals surface area contributed by atoms with E-state index in [1.54, 1.807) is 36.9 Å². The topological polar surface area (TPSA) is 80.9 Å². The monoisotopic (exact) mass is 427 g/mol. The molecule has 1 aromatic carbocycles. The maximum absolute atomic E-state index is 12.5. The SMILES string of the molecule is O=C(Nc1ccnn1C1CCN(Cc2cccc(-n3cccn3)c2)CC1)c1cccnc1. The number of carbonyl (C=O) groups excluding carboxylic acids is 1. The summed E-state index contributed by atoms with van der Waals surface area (Å²) >= 11 is 0. The van der Waals surface area contributed by atoms with E-state index >= 15 is 0 Å². The van der Waals surface area contributed by atoms with Crippen molar-refractivity contribution in [3.63, 3.8) is 0 Å². The van der Waals surface area contributed by atoms with Crippen LogP contribution < -0.4 is 5.32 Å². The van der Waals surface area contributed by atoms with Crippen LogP contribution in [0.4, 0.5) is 5.82 Å². The quantitative estimate of drug-likeness (QED) is 0.509. The van der Waals surface area contributed by atoms with E-state index in [4.69, 9.17) is 0 Å². The van der Waals surface area contributed by atoms with Gasteiger partial charge in [0.15, 0.2) is 0 Å². The summed E-state index contributed by atoms with van der Waals surface area (Å²) in [7, 11) is 0. The lowest BCUT2D eigenvalue weighted by Crippen LogP contribution is -2.35. The zero-order valence-electron chi connectivity index (χ0n) is 17.7. The first kappa shape index (κ1) is 20.1. The summed E-state index contributed by atoms with van der Waals surface area (Å²) in [6.07, 6.45) is 10.7. The van der Waals surface area contributed by atoms with Crippen LogP contribution in [0.2, 0.25) is 0 Å². The number of anilines is 1. The normalized spacial score (nSPS) is 15.0. The molecule has 0 spiro atoms. The molecule has 0 radical (unpaired) electrons. The average molecular weight is 428 g/mol. The number of carbonyl (C=O) groups is 1. The van der Waals surface area contributed by atoms with Crippen molar-refractivity contribution in [3.05, 3.63) is 90.6 Å². The number of nitrogens with one attached hydrogen (secondary N) is 1. The molecular weight excluding hydrogens is 402 g/mol. The van der Waals surface area contributed by atoms with E-state index in [9.17, 15) is 4.79 Å².